The first-order valence-corrected chi connectivity index (χ1v) is 7.40. The Morgan fingerprint density at radius 2 is 1.52 bits per heavy atom. The Labute approximate surface area is 126 Å². The highest BCUT2D eigenvalue weighted by Gasteiger charge is 2.11. The van der Waals surface area contributed by atoms with E-state index in [0.29, 0.717) is 6.42 Å². The average molecular weight is 286 g/mol. The van der Waals surface area contributed by atoms with E-state index in [0.717, 1.165) is 29.9 Å². The van der Waals surface area contributed by atoms with Crippen LogP contribution in [0.4, 0.5) is 0 Å². The van der Waals surface area contributed by atoms with Crippen LogP contribution in [0.3, 0.4) is 0 Å². The third-order valence-corrected chi connectivity index (χ3v) is 3.13. The van der Waals surface area contributed by atoms with Crippen LogP contribution in [0.1, 0.15) is 25.3 Å². The Balaban J connectivity index is 1.98. The van der Waals surface area contributed by atoms with Crippen LogP contribution in [0, 0.1) is 0 Å². The van der Waals surface area contributed by atoms with E-state index in [2.05, 4.69) is 6.92 Å². The standard InChI is InChI=1S/C18H22O3/c1-2-6-18(20-16-7-4-3-5-8-16)21-17-11-9-15(10-12-17)13-14-19/h3-5,7-12,18-19H,2,6,13-14H2,1H3. The lowest BCUT2D eigenvalue weighted by molar-refractivity contribution is -0.00105. The summed E-state index contributed by atoms with van der Waals surface area (Å²) >= 11 is 0. The Morgan fingerprint density at radius 1 is 0.905 bits per heavy atom. The van der Waals surface area contributed by atoms with Gasteiger partial charge in [-0.1, -0.05) is 37.3 Å². The van der Waals surface area contributed by atoms with Gasteiger partial charge >= 0.3 is 0 Å². The van der Waals surface area contributed by atoms with Crippen molar-refractivity contribution in [2.45, 2.75) is 32.5 Å². The fraction of sp³-hybridized carbons (Fsp3) is 0.333. The Bertz CT molecular complexity index is 508. The van der Waals surface area contributed by atoms with Gasteiger partial charge in [0.15, 0.2) is 0 Å². The van der Waals surface area contributed by atoms with Crippen molar-refractivity contribution in [2.75, 3.05) is 6.61 Å². The third kappa shape index (κ3) is 5.12. The van der Waals surface area contributed by atoms with Crippen molar-refractivity contribution in [1.82, 2.24) is 0 Å². The summed E-state index contributed by atoms with van der Waals surface area (Å²) in [7, 11) is 0. The quantitative estimate of drug-likeness (QED) is 0.750. The minimum atomic E-state index is -0.291. The fourth-order valence-corrected chi connectivity index (χ4v) is 2.04. The zero-order valence-electron chi connectivity index (χ0n) is 12.4. The van der Waals surface area contributed by atoms with Crippen molar-refractivity contribution in [1.29, 1.82) is 0 Å². The molecule has 0 heterocycles. The van der Waals surface area contributed by atoms with Gasteiger partial charge in [0.25, 0.3) is 0 Å². The maximum Gasteiger partial charge on any atom is 0.241 e. The first kappa shape index (κ1) is 15.4. The molecule has 1 unspecified atom stereocenters. The number of aliphatic hydroxyl groups is 1. The number of aliphatic hydroxyl groups excluding tert-OH is 1. The summed E-state index contributed by atoms with van der Waals surface area (Å²) in [6.07, 6.45) is 2.19. The van der Waals surface area contributed by atoms with E-state index in [1.165, 1.54) is 0 Å². The van der Waals surface area contributed by atoms with E-state index >= 15 is 0 Å². The van der Waals surface area contributed by atoms with E-state index in [1.807, 2.05) is 54.6 Å². The highest BCUT2D eigenvalue weighted by atomic mass is 16.7. The SMILES string of the molecule is CCCC(Oc1ccccc1)Oc1ccc(CCO)cc1. The van der Waals surface area contributed by atoms with Gasteiger partial charge in [-0.25, -0.2) is 0 Å². The van der Waals surface area contributed by atoms with E-state index in [4.69, 9.17) is 14.6 Å². The third-order valence-electron chi connectivity index (χ3n) is 3.13. The molecule has 3 nitrogen and oxygen atoms in total. The van der Waals surface area contributed by atoms with Crippen LogP contribution >= 0.6 is 0 Å². The molecular formula is C18H22O3. The molecule has 0 amide bonds. The summed E-state index contributed by atoms with van der Waals surface area (Å²) in [6, 6.07) is 17.5. The van der Waals surface area contributed by atoms with Crippen molar-refractivity contribution < 1.29 is 14.6 Å². The fourth-order valence-electron chi connectivity index (χ4n) is 2.04. The van der Waals surface area contributed by atoms with Crippen molar-refractivity contribution in [3.63, 3.8) is 0 Å². The van der Waals surface area contributed by atoms with Crippen LogP contribution in [0.2, 0.25) is 0 Å². The Morgan fingerprint density at radius 3 is 2.10 bits per heavy atom. The Kier molecular flexibility index (Phi) is 6.10. The molecule has 3 heteroatoms. The molecule has 1 N–H and O–H groups in total. The highest BCUT2D eigenvalue weighted by molar-refractivity contribution is 5.27. The summed E-state index contributed by atoms with van der Waals surface area (Å²) in [4.78, 5) is 0. The molecule has 2 aromatic rings. The number of benzene rings is 2. The second kappa shape index (κ2) is 8.32. The van der Waals surface area contributed by atoms with Gasteiger partial charge in [0, 0.05) is 13.0 Å². The smallest absolute Gasteiger partial charge is 0.241 e. The van der Waals surface area contributed by atoms with Gasteiger partial charge in [-0.05, 0) is 42.7 Å². The van der Waals surface area contributed by atoms with Gasteiger partial charge < -0.3 is 14.6 Å². The molecule has 2 aromatic carbocycles. The number of hydrogen-bond acceptors (Lipinski definition) is 3. The maximum absolute atomic E-state index is 8.92. The summed E-state index contributed by atoms with van der Waals surface area (Å²) in [5.74, 6) is 1.60. The predicted octanol–water partition coefficient (Wildman–Crippen LogP) is 3.81. The van der Waals surface area contributed by atoms with Gasteiger partial charge in [-0.3, -0.25) is 0 Å². The minimum Gasteiger partial charge on any atom is -0.455 e. The Hall–Kier alpha value is -2.00. The topological polar surface area (TPSA) is 38.7 Å². The molecule has 0 saturated heterocycles. The second-order valence-electron chi connectivity index (χ2n) is 4.88. The van der Waals surface area contributed by atoms with Crippen LogP contribution < -0.4 is 9.47 Å². The molecule has 0 radical (unpaired) electrons. The van der Waals surface area contributed by atoms with Crippen LogP contribution in [0.15, 0.2) is 54.6 Å². The molecule has 1 atom stereocenters. The predicted molar refractivity (Wildman–Crippen MR) is 83.6 cm³/mol. The van der Waals surface area contributed by atoms with E-state index < -0.39 is 0 Å². The zero-order chi connectivity index (χ0) is 14.9. The summed E-state index contributed by atoms with van der Waals surface area (Å²) in [6.45, 7) is 2.27. The number of hydrogen-bond donors (Lipinski definition) is 1. The lowest BCUT2D eigenvalue weighted by Gasteiger charge is -2.20. The normalized spacial score (nSPS) is 11.9. The van der Waals surface area contributed by atoms with Crippen LogP contribution in [-0.2, 0) is 6.42 Å². The molecular weight excluding hydrogens is 264 g/mol. The van der Waals surface area contributed by atoms with E-state index in [9.17, 15) is 0 Å². The van der Waals surface area contributed by atoms with Gasteiger partial charge in [0.05, 0.1) is 0 Å². The molecule has 112 valence electrons. The summed E-state index contributed by atoms with van der Waals surface area (Å²) in [5, 5.41) is 8.92. The monoisotopic (exact) mass is 286 g/mol. The maximum atomic E-state index is 8.92. The highest BCUT2D eigenvalue weighted by Crippen LogP contribution is 2.19. The molecule has 21 heavy (non-hydrogen) atoms. The molecule has 0 spiro atoms. The summed E-state index contributed by atoms with van der Waals surface area (Å²) < 4.78 is 11.8. The number of ether oxygens (including phenoxy) is 2. The van der Waals surface area contributed by atoms with Crippen molar-refractivity contribution in [2.24, 2.45) is 0 Å². The molecule has 0 aliphatic rings. The van der Waals surface area contributed by atoms with E-state index in [1.54, 1.807) is 0 Å². The summed E-state index contributed by atoms with van der Waals surface area (Å²) in [5.41, 5.74) is 1.10. The lowest BCUT2D eigenvalue weighted by Crippen LogP contribution is -2.23. The molecule has 2 rings (SSSR count). The molecule has 0 aliphatic heterocycles. The minimum absolute atomic E-state index is 0.162. The largest absolute Gasteiger partial charge is 0.455 e. The molecule has 0 bridgehead atoms. The first-order valence-electron chi connectivity index (χ1n) is 7.40. The first-order chi connectivity index (χ1) is 10.3. The van der Waals surface area contributed by atoms with Crippen molar-refractivity contribution in [3.8, 4) is 11.5 Å². The number of para-hydroxylation sites is 1. The second-order valence-corrected chi connectivity index (χ2v) is 4.88. The molecule has 0 aromatic heterocycles. The van der Waals surface area contributed by atoms with Gasteiger partial charge in [0.2, 0.25) is 6.29 Å². The van der Waals surface area contributed by atoms with Crippen molar-refractivity contribution >= 4 is 0 Å². The van der Waals surface area contributed by atoms with Gasteiger partial charge in [-0.2, -0.15) is 0 Å². The van der Waals surface area contributed by atoms with E-state index in [-0.39, 0.29) is 12.9 Å². The molecule has 0 saturated carbocycles. The van der Waals surface area contributed by atoms with Gasteiger partial charge in [0.1, 0.15) is 11.5 Å². The van der Waals surface area contributed by atoms with Crippen LogP contribution in [0.25, 0.3) is 0 Å². The van der Waals surface area contributed by atoms with Crippen molar-refractivity contribution in [3.05, 3.63) is 60.2 Å². The average Bonchev–Trinajstić information content (AvgIpc) is 2.51. The molecule has 0 aliphatic carbocycles. The van der Waals surface area contributed by atoms with Crippen LogP contribution in [0.5, 0.6) is 11.5 Å². The van der Waals surface area contributed by atoms with Gasteiger partial charge in [-0.15, -0.1) is 0 Å². The number of rotatable bonds is 8. The zero-order valence-corrected chi connectivity index (χ0v) is 12.4. The molecule has 0 fully saturated rings. The lowest BCUT2D eigenvalue weighted by atomic mass is 10.1. The van der Waals surface area contributed by atoms with Crippen LogP contribution in [-0.4, -0.2) is 18.0 Å².